The van der Waals surface area contributed by atoms with Crippen LogP contribution in [-0.2, 0) is 9.53 Å². The summed E-state index contributed by atoms with van der Waals surface area (Å²) < 4.78 is 5.34. The van der Waals surface area contributed by atoms with Gasteiger partial charge in [-0.3, -0.25) is 4.79 Å². The van der Waals surface area contributed by atoms with Crippen LogP contribution in [0.15, 0.2) is 4.99 Å². The van der Waals surface area contributed by atoms with Gasteiger partial charge in [0.25, 0.3) is 0 Å². The van der Waals surface area contributed by atoms with Gasteiger partial charge in [0.1, 0.15) is 6.54 Å². The van der Waals surface area contributed by atoms with E-state index in [0.29, 0.717) is 0 Å². The summed E-state index contributed by atoms with van der Waals surface area (Å²) >= 11 is 0. The molecular formula is C18H36N4O2. The average Bonchev–Trinajstić information content (AvgIpc) is 3.08. The van der Waals surface area contributed by atoms with Crippen molar-refractivity contribution >= 4 is 11.9 Å². The maximum atomic E-state index is 11.7. The Hall–Kier alpha value is -1.30. The molecule has 1 aliphatic carbocycles. The number of hydrogen-bond acceptors (Lipinski definition) is 3. The number of nitrogens with one attached hydrogen (secondary N) is 2. The van der Waals surface area contributed by atoms with Crippen LogP contribution in [0.1, 0.15) is 51.9 Å². The lowest BCUT2D eigenvalue weighted by Crippen LogP contribution is -2.39. The molecule has 6 heteroatoms. The summed E-state index contributed by atoms with van der Waals surface area (Å²) in [5, 5.41) is 6.65. The van der Waals surface area contributed by atoms with Gasteiger partial charge < -0.3 is 20.3 Å². The van der Waals surface area contributed by atoms with Gasteiger partial charge in [-0.2, -0.15) is 0 Å². The van der Waals surface area contributed by atoms with Gasteiger partial charge in [-0.1, -0.05) is 25.7 Å². The molecule has 0 spiro atoms. The van der Waals surface area contributed by atoms with E-state index >= 15 is 0 Å². The Bertz CT molecular complexity index is 366. The Morgan fingerprint density at radius 2 is 1.83 bits per heavy atom. The van der Waals surface area contributed by atoms with Gasteiger partial charge in [-0.25, -0.2) is 4.99 Å². The van der Waals surface area contributed by atoms with Crippen molar-refractivity contribution in [2.75, 3.05) is 46.9 Å². The molecule has 0 saturated heterocycles. The number of carbonyl (C=O) groups excluding carboxylic acids is 1. The Labute approximate surface area is 147 Å². The Morgan fingerprint density at radius 1 is 1.17 bits per heavy atom. The zero-order chi connectivity index (χ0) is 17.6. The molecule has 1 amide bonds. The van der Waals surface area contributed by atoms with Crippen molar-refractivity contribution in [3.05, 3.63) is 0 Å². The van der Waals surface area contributed by atoms with Crippen LogP contribution in [0.4, 0.5) is 0 Å². The van der Waals surface area contributed by atoms with Gasteiger partial charge in [-0.15, -0.1) is 0 Å². The zero-order valence-corrected chi connectivity index (χ0v) is 15.8. The smallest absolute Gasteiger partial charge is 0.243 e. The first-order valence-corrected chi connectivity index (χ1v) is 9.43. The molecule has 0 atom stereocenters. The second-order valence-corrected chi connectivity index (χ2v) is 6.65. The molecule has 1 aliphatic rings. The van der Waals surface area contributed by atoms with E-state index in [2.05, 4.69) is 15.6 Å². The highest BCUT2D eigenvalue weighted by Crippen LogP contribution is 2.28. The largest absolute Gasteiger partial charge is 0.382 e. The lowest BCUT2D eigenvalue weighted by Gasteiger charge is -2.14. The van der Waals surface area contributed by atoms with Crippen molar-refractivity contribution in [3.8, 4) is 0 Å². The summed E-state index contributed by atoms with van der Waals surface area (Å²) in [5.41, 5.74) is 0. The number of ether oxygens (including phenoxy) is 1. The highest BCUT2D eigenvalue weighted by molar-refractivity contribution is 5.84. The van der Waals surface area contributed by atoms with Crippen molar-refractivity contribution in [2.24, 2.45) is 10.9 Å². The van der Waals surface area contributed by atoms with Crippen LogP contribution < -0.4 is 10.6 Å². The minimum Gasteiger partial charge on any atom is -0.382 e. The third kappa shape index (κ3) is 9.75. The summed E-state index contributed by atoms with van der Waals surface area (Å²) in [6, 6.07) is 0. The van der Waals surface area contributed by atoms with Crippen LogP contribution in [-0.4, -0.2) is 63.7 Å². The second kappa shape index (κ2) is 13.0. The molecule has 0 aromatic rings. The molecule has 0 radical (unpaired) electrons. The van der Waals surface area contributed by atoms with E-state index in [1.165, 1.54) is 32.1 Å². The highest BCUT2D eigenvalue weighted by Gasteiger charge is 2.14. The van der Waals surface area contributed by atoms with Crippen LogP contribution in [0.25, 0.3) is 0 Å². The molecule has 2 N–H and O–H groups in total. The van der Waals surface area contributed by atoms with Crippen molar-refractivity contribution in [1.29, 1.82) is 0 Å². The van der Waals surface area contributed by atoms with E-state index in [9.17, 15) is 4.79 Å². The quantitative estimate of drug-likeness (QED) is 0.343. The summed E-state index contributed by atoms with van der Waals surface area (Å²) in [6.45, 7) is 5.37. The fraction of sp³-hybridized carbons (Fsp3) is 0.889. The number of hydrogen-bond donors (Lipinski definition) is 2. The van der Waals surface area contributed by atoms with Gasteiger partial charge in [0.15, 0.2) is 5.96 Å². The molecule has 1 rings (SSSR count). The lowest BCUT2D eigenvalue weighted by atomic mass is 10.0. The van der Waals surface area contributed by atoms with Crippen LogP contribution in [0, 0.1) is 5.92 Å². The summed E-state index contributed by atoms with van der Waals surface area (Å²) in [4.78, 5) is 17.7. The Kier molecular flexibility index (Phi) is 11.3. The van der Waals surface area contributed by atoms with E-state index in [4.69, 9.17) is 4.74 Å². The van der Waals surface area contributed by atoms with Crippen LogP contribution >= 0.6 is 0 Å². The molecule has 0 bridgehead atoms. The third-order valence-electron chi connectivity index (χ3n) is 4.39. The first kappa shape index (κ1) is 20.7. The number of carbonyl (C=O) groups is 1. The van der Waals surface area contributed by atoms with Gasteiger partial charge >= 0.3 is 0 Å². The minimum absolute atomic E-state index is 0.0105. The van der Waals surface area contributed by atoms with Gasteiger partial charge in [0.05, 0.1) is 0 Å². The number of aliphatic imine (C=N–C) groups is 1. The molecule has 0 heterocycles. The first-order chi connectivity index (χ1) is 11.6. The van der Waals surface area contributed by atoms with Gasteiger partial charge in [0, 0.05) is 40.4 Å². The Balaban J connectivity index is 2.29. The molecule has 0 aromatic heterocycles. The predicted molar refractivity (Wildman–Crippen MR) is 99.3 cm³/mol. The van der Waals surface area contributed by atoms with E-state index < -0.39 is 0 Å². The number of nitrogens with zero attached hydrogens (tertiary/aromatic N) is 2. The van der Waals surface area contributed by atoms with Crippen LogP contribution in [0.2, 0.25) is 0 Å². The molecule has 24 heavy (non-hydrogen) atoms. The lowest BCUT2D eigenvalue weighted by molar-refractivity contribution is -0.127. The molecule has 140 valence electrons. The first-order valence-electron chi connectivity index (χ1n) is 9.43. The van der Waals surface area contributed by atoms with Crippen molar-refractivity contribution in [3.63, 3.8) is 0 Å². The van der Waals surface area contributed by atoms with E-state index in [1.54, 1.807) is 19.0 Å². The fourth-order valence-electron chi connectivity index (χ4n) is 2.88. The third-order valence-corrected chi connectivity index (χ3v) is 4.39. The van der Waals surface area contributed by atoms with Crippen molar-refractivity contribution < 1.29 is 9.53 Å². The zero-order valence-electron chi connectivity index (χ0n) is 15.8. The summed E-state index contributed by atoms with van der Waals surface area (Å²) in [7, 11) is 3.50. The molecule has 1 fully saturated rings. The monoisotopic (exact) mass is 340 g/mol. The van der Waals surface area contributed by atoms with E-state index in [1.807, 2.05) is 6.92 Å². The van der Waals surface area contributed by atoms with Crippen molar-refractivity contribution in [2.45, 2.75) is 51.9 Å². The number of rotatable bonds is 11. The predicted octanol–water partition coefficient (Wildman–Crippen LogP) is 2.01. The molecule has 0 aliphatic heterocycles. The minimum atomic E-state index is 0.0105. The maximum Gasteiger partial charge on any atom is 0.243 e. The maximum absolute atomic E-state index is 11.7. The van der Waals surface area contributed by atoms with Crippen LogP contribution in [0.3, 0.4) is 0 Å². The Morgan fingerprint density at radius 3 is 2.46 bits per heavy atom. The average molecular weight is 341 g/mol. The number of guanidine groups is 1. The molecule has 6 nitrogen and oxygen atoms in total. The topological polar surface area (TPSA) is 66.0 Å². The fourth-order valence-corrected chi connectivity index (χ4v) is 2.88. The molecular weight excluding hydrogens is 304 g/mol. The second-order valence-electron chi connectivity index (χ2n) is 6.65. The molecule has 1 saturated carbocycles. The molecule has 0 aromatic carbocycles. The molecule has 0 unspecified atom stereocenters. The van der Waals surface area contributed by atoms with E-state index in [-0.39, 0.29) is 12.5 Å². The normalized spacial score (nSPS) is 15.5. The van der Waals surface area contributed by atoms with E-state index in [0.717, 1.165) is 51.0 Å². The SMILES string of the molecule is CCOCCCNC(=NCC(=O)N(C)C)NCCCC1CCCC1. The van der Waals surface area contributed by atoms with Crippen LogP contribution in [0.5, 0.6) is 0 Å². The number of amides is 1. The summed E-state index contributed by atoms with van der Waals surface area (Å²) in [5.74, 6) is 1.66. The van der Waals surface area contributed by atoms with Gasteiger partial charge in [-0.05, 0) is 32.1 Å². The highest BCUT2D eigenvalue weighted by atomic mass is 16.5. The number of likely N-dealkylation sites (N-methyl/N-ethyl adjacent to an activating group) is 1. The van der Waals surface area contributed by atoms with Gasteiger partial charge in [0.2, 0.25) is 5.91 Å². The standard InChI is InChI=1S/C18H36N4O2/c1-4-24-14-8-13-20-18(21-15-17(23)22(2)3)19-12-7-11-16-9-5-6-10-16/h16H,4-15H2,1-3H3,(H2,19,20,21). The summed E-state index contributed by atoms with van der Waals surface area (Å²) in [6.07, 6.45) is 8.98. The van der Waals surface area contributed by atoms with Crippen molar-refractivity contribution in [1.82, 2.24) is 15.5 Å².